The van der Waals surface area contributed by atoms with Gasteiger partial charge in [-0.1, -0.05) is 0 Å². The van der Waals surface area contributed by atoms with Gasteiger partial charge in [0.25, 0.3) is 0 Å². The van der Waals surface area contributed by atoms with Crippen molar-refractivity contribution >= 4 is 0 Å². The molecule has 0 saturated heterocycles. The van der Waals surface area contributed by atoms with Gasteiger partial charge in [-0.2, -0.15) is 5.10 Å². The molecule has 2 unspecified atom stereocenters. The van der Waals surface area contributed by atoms with E-state index < -0.39 is 0 Å². The summed E-state index contributed by atoms with van der Waals surface area (Å²) in [7, 11) is 1.94. The van der Waals surface area contributed by atoms with Crippen LogP contribution in [-0.2, 0) is 7.05 Å². The smallest absolute Gasteiger partial charge is 0.122 e. The first kappa shape index (κ1) is 11.9. The number of nitrogens with one attached hydrogen (secondary N) is 2. The summed E-state index contributed by atoms with van der Waals surface area (Å²) in [4.78, 5) is 7.37. The highest BCUT2D eigenvalue weighted by Crippen LogP contribution is 2.19. The molecule has 2 rings (SSSR count). The lowest BCUT2D eigenvalue weighted by atomic mass is 10.1. The summed E-state index contributed by atoms with van der Waals surface area (Å²) in [5, 5.41) is 7.86. The summed E-state index contributed by atoms with van der Waals surface area (Å²) >= 11 is 0. The second kappa shape index (κ2) is 4.71. The Morgan fingerprint density at radius 1 is 1.35 bits per heavy atom. The molecule has 0 fully saturated rings. The number of imidazole rings is 1. The summed E-state index contributed by atoms with van der Waals surface area (Å²) in [6, 6.07) is 0.448. The fourth-order valence-corrected chi connectivity index (χ4v) is 2.10. The maximum Gasteiger partial charge on any atom is 0.122 e. The van der Waals surface area contributed by atoms with Crippen LogP contribution in [-0.4, -0.2) is 19.7 Å². The quantitative estimate of drug-likeness (QED) is 0.847. The first-order valence-electron chi connectivity index (χ1n) is 5.83. The van der Waals surface area contributed by atoms with Gasteiger partial charge in [0.1, 0.15) is 5.82 Å². The molecule has 0 saturated carbocycles. The van der Waals surface area contributed by atoms with Gasteiger partial charge < -0.3 is 10.3 Å². The number of H-pyrrole nitrogens is 1. The van der Waals surface area contributed by atoms with Gasteiger partial charge in [0, 0.05) is 37.2 Å². The topological polar surface area (TPSA) is 58.5 Å². The third-order valence-electron chi connectivity index (χ3n) is 2.95. The van der Waals surface area contributed by atoms with Gasteiger partial charge >= 0.3 is 0 Å². The van der Waals surface area contributed by atoms with Crippen molar-refractivity contribution in [1.29, 1.82) is 0 Å². The van der Waals surface area contributed by atoms with Crippen molar-refractivity contribution in [2.24, 2.45) is 7.05 Å². The molecule has 0 aromatic carbocycles. The first-order chi connectivity index (χ1) is 8.08. The highest BCUT2D eigenvalue weighted by molar-refractivity contribution is 5.19. The standard InChI is InChI=1S/C12H19N5/c1-8(11-7-17(4)16-9(11)2)15-10(3)12-13-5-6-14-12/h5-8,10,15H,1-4H3,(H,13,14). The zero-order valence-electron chi connectivity index (χ0n) is 10.7. The summed E-state index contributed by atoms with van der Waals surface area (Å²) < 4.78 is 1.85. The average Bonchev–Trinajstić information content (AvgIpc) is 2.87. The van der Waals surface area contributed by atoms with E-state index in [9.17, 15) is 0 Å². The molecule has 2 aromatic heterocycles. The molecule has 2 atom stereocenters. The van der Waals surface area contributed by atoms with Crippen molar-refractivity contribution in [2.45, 2.75) is 32.9 Å². The van der Waals surface area contributed by atoms with E-state index in [4.69, 9.17) is 0 Å². The lowest BCUT2D eigenvalue weighted by molar-refractivity contribution is 0.478. The SMILES string of the molecule is Cc1nn(C)cc1C(C)NC(C)c1ncc[nH]1. The maximum absolute atomic E-state index is 4.36. The van der Waals surface area contributed by atoms with E-state index in [1.165, 1.54) is 5.56 Å². The number of aromatic amines is 1. The summed E-state index contributed by atoms with van der Waals surface area (Å²) in [5.74, 6) is 0.957. The van der Waals surface area contributed by atoms with Crippen molar-refractivity contribution in [3.8, 4) is 0 Å². The molecule has 0 aliphatic carbocycles. The highest BCUT2D eigenvalue weighted by Gasteiger charge is 2.15. The van der Waals surface area contributed by atoms with Gasteiger partial charge in [-0.15, -0.1) is 0 Å². The molecule has 0 radical (unpaired) electrons. The Balaban J connectivity index is 2.06. The fourth-order valence-electron chi connectivity index (χ4n) is 2.10. The van der Waals surface area contributed by atoms with Crippen molar-refractivity contribution in [3.05, 3.63) is 35.7 Å². The fraction of sp³-hybridized carbons (Fsp3) is 0.500. The number of nitrogens with zero attached hydrogens (tertiary/aromatic N) is 3. The van der Waals surface area contributed by atoms with Gasteiger partial charge in [-0.25, -0.2) is 4.98 Å². The molecule has 17 heavy (non-hydrogen) atoms. The molecule has 5 heteroatoms. The van der Waals surface area contributed by atoms with Gasteiger partial charge in [0.2, 0.25) is 0 Å². The Hall–Kier alpha value is -1.62. The zero-order chi connectivity index (χ0) is 12.4. The maximum atomic E-state index is 4.36. The third kappa shape index (κ3) is 2.55. The Bertz CT molecular complexity index is 471. The molecule has 0 aliphatic rings. The van der Waals surface area contributed by atoms with Crippen LogP contribution in [0.4, 0.5) is 0 Å². The van der Waals surface area contributed by atoms with Crippen LogP contribution in [0.25, 0.3) is 0 Å². The van der Waals surface area contributed by atoms with Crippen LogP contribution in [0.15, 0.2) is 18.6 Å². The molecule has 0 bridgehead atoms. The molecule has 0 aliphatic heterocycles. The number of aromatic nitrogens is 4. The average molecular weight is 233 g/mol. The van der Waals surface area contributed by atoms with E-state index in [-0.39, 0.29) is 12.1 Å². The van der Waals surface area contributed by atoms with E-state index in [0.29, 0.717) is 0 Å². The second-order valence-electron chi connectivity index (χ2n) is 4.43. The Kier molecular flexibility index (Phi) is 3.28. The monoisotopic (exact) mass is 233 g/mol. The van der Waals surface area contributed by atoms with Gasteiger partial charge in [0.05, 0.1) is 11.7 Å². The van der Waals surface area contributed by atoms with Crippen molar-refractivity contribution in [3.63, 3.8) is 0 Å². The minimum absolute atomic E-state index is 0.194. The first-order valence-corrected chi connectivity index (χ1v) is 5.83. The Labute approximate surface area is 101 Å². The molecule has 2 aromatic rings. The van der Waals surface area contributed by atoms with Crippen LogP contribution in [0.1, 0.15) is 43.0 Å². The predicted molar refractivity (Wildman–Crippen MR) is 66.5 cm³/mol. The van der Waals surface area contributed by atoms with Crippen LogP contribution < -0.4 is 5.32 Å². The summed E-state index contributed by atoms with van der Waals surface area (Å²) in [5.41, 5.74) is 2.30. The van der Waals surface area contributed by atoms with Crippen LogP contribution >= 0.6 is 0 Å². The largest absolute Gasteiger partial charge is 0.347 e. The van der Waals surface area contributed by atoms with E-state index >= 15 is 0 Å². The number of hydrogen-bond donors (Lipinski definition) is 2. The number of rotatable bonds is 4. The molecule has 0 spiro atoms. The summed E-state index contributed by atoms with van der Waals surface area (Å²) in [6.45, 7) is 6.27. The predicted octanol–water partition coefficient (Wildman–Crippen LogP) is 1.86. The molecule has 92 valence electrons. The second-order valence-corrected chi connectivity index (χ2v) is 4.43. The number of hydrogen-bond acceptors (Lipinski definition) is 3. The van der Waals surface area contributed by atoms with E-state index in [2.05, 4.69) is 40.4 Å². The number of aryl methyl sites for hydroxylation is 2. The molecular formula is C12H19N5. The molecule has 5 nitrogen and oxygen atoms in total. The molecule has 2 heterocycles. The van der Waals surface area contributed by atoms with Crippen LogP contribution in [0.5, 0.6) is 0 Å². The third-order valence-corrected chi connectivity index (χ3v) is 2.95. The molecule has 0 amide bonds. The lowest BCUT2D eigenvalue weighted by Gasteiger charge is -2.18. The lowest BCUT2D eigenvalue weighted by Crippen LogP contribution is -2.23. The van der Waals surface area contributed by atoms with Gasteiger partial charge in [-0.3, -0.25) is 4.68 Å². The Morgan fingerprint density at radius 2 is 2.12 bits per heavy atom. The summed E-state index contributed by atoms with van der Waals surface area (Å²) in [6.07, 6.45) is 5.67. The van der Waals surface area contributed by atoms with Crippen LogP contribution in [0.3, 0.4) is 0 Å². The van der Waals surface area contributed by atoms with Crippen LogP contribution in [0, 0.1) is 6.92 Å². The van der Waals surface area contributed by atoms with Crippen molar-refractivity contribution in [2.75, 3.05) is 0 Å². The molecular weight excluding hydrogens is 214 g/mol. The molecule has 2 N–H and O–H groups in total. The van der Waals surface area contributed by atoms with Gasteiger partial charge in [-0.05, 0) is 20.8 Å². The highest BCUT2D eigenvalue weighted by atomic mass is 15.3. The van der Waals surface area contributed by atoms with Crippen molar-refractivity contribution < 1.29 is 0 Å². The van der Waals surface area contributed by atoms with E-state index in [1.54, 1.807) is 6.20 Å². The minimum Gasteiger partial charge on any atom is -0.347 e. The normalized spacial score (nSPS) is 14.8. The van der Waals surface area contributed by atoms with E-state index in [0.717, 1.165) is 11.5 Å². The van der Waals surface area contributed by atoms with Crippen LogP contribution in [0.2, 0.25) is 0 Å². The minimum atomic E-state index is 0.194. The van der Waals surface area contributed by atoms with Crippen molar-refractivity contribution in [1.82, 2.24) is 25.1 Å². The zero-order valence-corrected chi connectivity index (χ0v) is 10.7. The van der Waals surface area contributed by atoms with Gasteiger partial charge in [0.15, 0.2) is 0 Å². The Morgan fingerprint density at radius 3 is 2.65 bits per heavy atom. The van der Waals surface area contributed by atoms with E-state index in [1.807, 2.05) is 24.9 Å².